The molecule has 0 atom stereocenters. The van der Waals surface area contributed by atoms with Crippen molar-refractivity contribution in [2.45, 2.75) is 142 Å². The third kappa shape index (κ3) is 26.9. The summed E-state index contributed by atoms with van der Waals surface area (Å²) in [6.07, 6.45) is 24.4. The molecule has 0 aromatic heterocycles. The van der Waals surface area contributed by atoms with Crippen molar-refractivity contribution >= 4 is 40.0 Å². The Labute approximate surface area is 211 Å². The van der Waals surface area contributed by atoms with Crippen molar-refractivity contribution in [1.82, 2.24) is 0 Å². The summed E-state index contributed by atoms with van der Waals surface area (Å²) >= 11 is 0. The zero-order valence-corrected chi connectivity index (χ0v) is 20.4. The molecule has 0 fully saturated rings. The van der Waals surface area contributed by atoms with Gasteiger partial charge >= 0.3 is 40.0 Å². The Morgan fingerprint density at radius 3 is 0.933 bits per heavy atom. The van der Waals surface area contributed by atoms with E-state index in [0.29, 0.717) is 0 Å². The summed E-state index contributed by atoms with van der Waals surface area (Å²) < 4.78 is 33.3. The molecule has 0 saturated carbocycles. The molecule has 6 heteroatoms. The van der Waals surface area contributed by atoms with Crippen LogP contribution in [0, 0.1) is 0 Å². The number of unbranched alkanes of at least 4 members (excludes halogenated alkanes) is 18. The van der Waals surface area contributed by atoms with Crippen LogP contribution < -0.4 is 0 Å². The van der Waals surface area contributed by atoms with E-state index >= 15 is 0 Å². The summed E-state index contributed by atoms with van der Waals surface area (Å²) in [6.45, 7) is 4.98. The second-order valence-corrected chi connectivity index (χ2v) is 9.70. The van der Waals surface area contributed by atoms with Crippen LogP contribution in [0.25, 0.3) is 0 Å². The van der Waals surface area contributed by atoms with Crippen molar-refractivity contribution in [3.05, 3.63) is 0 Å². The van der Waals surface area contributed by atoms with E-state index in [0.717, 1.165) is 38.5 Å². The predicted molar refractivity (Wildman–Crippen MR) is 132 cm³/mol. The number of rotatable bonds is 24. The Morgan fingerprint density at radius 2 is 0.667 bits per heavy atom. The number of hydrogen-bond donors (Lipinski definition) is 0. The molecular weight excluding hydrogens is 407 g/mol. The SMILES string of the molecule is CCCCCCCCCCCCOS(=O)(=O)OCCCCCCCCCCCC.[NaH]. The summed E-state index contributed by atoms with van der Waals surface area (Å²) in [5, 5.41) is 0. The summed E-state index contributed by atoms with van der Waals surface area (Å²) in [5.74, 6) is 0. The van der Waals surface area contributed by atoms with Gasteiger partial charge in [0, 0.05) is 0 Å². The topological polar surface area (TPSA) is 52.6 Å². The third-order valence-electron chi connectivity index (χ3n) is 5.45. The Morgan fingerprint density at radius 1 is 0.433 bits per heavy atom. The zero-order valence-electron chi connectivity index (χ0n) is 19.6. The van der Waals surface area contributed by atoms with E-state index in [1.165, 1.54) is 89.9 Å². The molecule has 30 heavy (non-hydrogen) atoms. The molecule has 0 aliphatic heterocycles. The van der Waals surface area contributed by atoms with Gasteiger partial charge in [-0.2, -0.15) is 8.42 Å². The summed E-state index contributed by atoms with van der Waals surface area (Å²) in [4.78, 5) is 0. The first-order valence-electron chi connectivity index (χ1n) is 12.7. The van der Waals surface area contributed by atoms with Gasteiger partial charge in [0.15, 0.2) is 0 Å². The van der Waals surface area contributed by atoms with Gasteiger partial charge in [-0.15, -0.1) is 0 Å². The van der Waals surface area contributed by atoms with Crippen molar-refractivity contribution in [3.8, 4) is 0 Å². The molecule has 0 heterocycles. The Hall–Kier alpha value is 0.870. The molecule has 0 spiro atoms. The van der Waals surface area contributed by atoms with Crippen LogP contribution >= 0.6 is 0 Å². The van der Waals surface area contributed by atoms with Gasteiger partial charge in [-0.05, 0) is 12.8 Å². The molecule has 0 radical (unpaired) electrons. The molecule has 0 N–H and O–H groups in total. The molecule has 4 nitrogen and oxygen atoms in total. The second kappa shape index (κ2) is 26.1. The predicted octanol–water partition coefficient (Wildman–Crippen LogP) is 7.46. The first kappa shape index (κ1) is 33.0. The van der Waals surface area contributed by atoms with Gasteiger partial charge in [0.2, 0.25) is 0 Å². The molecule has 178 valence electrons. The van der Waals surface area contributed by atoms with Crippen LogP contribution in [-0.4, -0.2) is 51.2 Å². The summed E-state index contributed by atoms with van der Waals surface area (Å²) in [5.41, 5.74) is 0. The van der Waals surface area contributed by atoms with Gasteiger partial charge in [0.05, 0.1) is 13.2 Å². The van der Waals surface area contributed by atoms with Gasteiger partial charge in [0.25, 0.3) is 0 Å². The Kier molecular flexibility index (Phi) is 28.8. The first-order valence-corrected chi connectivity index (χ1v) is 14.0. The zero-order chi connectivity index (χ0) is 21.5. The molecule has 0 bridgehead atoms. The van der Waals surface area contributed by atoms with Crippen LogP contribution in [0.5, 0.6) is 0 Å². The second-order valence-electron chi connectivity index (χ2n) is 8.42. The average Bonchev–Trinajstić information content (AvgIpc) is 2.70. The molecule has 0 aliphatic carbocycles. The minimum absolute atomic E-state index is 0. The van der Waals surface area contributed by atoms with E-state index in [1.54, 1.807) is 0 Å². The van der Waals surface area contributed by atoms with Crippen LogP contribution in [0.15, 0.2) is 0 Å². The van der Waals surface area contributed by atoms with E-state index in [4.69, 9.17) is 8.37 Å². The van der Waals surface area contributed by atoms with E-state index in [9.17, 15) is 8.42 Å². The summed E-state index contributed by atoms with van der Waals surface area (Å²) in [7, 11) is -3.80. The fraction of sp³-hybridized carbons (Fsp3) is 1.00. The molecule has 0 rings (SSSR count). The van der Waals surface area contributed by atoms with Crippen molar-refractivity contribution in [1.29, 1.82) is 0 Å². The van der Waals surface area contributed by atoms with Crippen LogP contribution in [-0.2, 0) is 18.8 Å². The van der Waals surface area contributed by atoms with Crippen molar-refractivity contribution in [2.75, 3.05) is 13.2 Å². The summed E-state index contributed by atoms with van der Waals surface area (Å²) in [6, 6.07) is 0. The minimum atomic E-state index is -3.80. The fourth-order valence-corrected chi connectivity index (χ4v) is 4.25. The van der Waals surface area contributed by atoms with E-state index < -0.39 is 10.4 Å². The molecule has 0 aliphatic rings. The first-order chi connectivity index (χ1) is 14.1. The normalized spacial score (nSPS) is 11.5. The van der Waals surface area contributed by atoms with Crippen LogP contribution in [0.4, 0.5) is 0 Å². The van der Waals surface area contributed by atoms with Gasteiger partial charge in [-0.3, -0.25) is 0 Å². The Balaban J connectivity index is 0. The monoisotopic (exact) mass is 458 g/mol. The molecule has 0 saturated heterocycles. The van der Waals surface area contributed by atoms with Crippen LogP contribution in [0.3, 0.4) is 0 Å². The quantitative estimate of drug-likeness (QED) is 0.111. The van der Waals surface area contributed by atoms with E-state index in [-0.39, 0.29) is 42.8 Å². The Bertz CT molecular complexity index is 383. The van der Waals surface area contributed by atoms with Crippen LogP contribution in [0.1, 0.15) is 142 Å². The van der Waals surface area contributed by atoms with E-state index in [1.807, 2.05) is 0 Å². The van der Waals surface area contributed by atoms with E-state index in [2.05, 4.69) is 13.8 Å². The average molecular weight is 459 g/mol. The fourth-order valence-electron chi connectivity index (χ4n) is 3.53. The molecule has 0 aromatic rings. The van der Waals surface area contributed by atoms with Crippen LogP contribution in [0.2, 0.25) is 0 Å². The molecule has 0 aromatic carbocycles. The molecule has 0 unspecified atom stereocenters. The standard InChI is InChI=1S/C24H50O4S.Na.H/c1-3-5-7-9-11-13-15-17-19-21-23-27-29(25,26)28-24-22-20-18-16-14-12-10-8-6-4-2;;/h3-24H2,1-2H3;;. The van der Waals surface area contributed by atoms with Gasteiger partial charge in [0.1, 0.15) is 0 Å². The van der Waals surface area contributed by atoms with Gasteiger partial charge in [-0.25, -0.2) is 8.37 Å². The van der Waals surface area contributed by atoms with Crippen molar-refractivity contribution in [3.63, 3.8) is 0 Å². The van der Waals surface area contributed by atoms with Gasteiger partial charge < -0.3 is 0 Å². The third-order valence-corrected chi connectivity index (χ3v) is 6.36. The van der Waals surface area contributed by atoms with Crippen molar-refractivity contribution < 1.29 is 16.8 Å². The number of hydrogen-bond acceptors (Lipinski definition) is 4. The molecule has 0 amide bonds. The van der Waals surface area contributed by atoms with Crippen molar-refractivity contribution in [2.24, 2.45) is 0 Å². The maximum atomic E-state index is 11.7. The van der Waals surface area contributed by atoms with Gasteiger partial charge in [-0.1, -0.05) is 129 Å². The maximum absolute atomic E-state index is 11.7. The molecular formula is C24H51NaO4S.